The molecule has 0 aromatic rings. The summed E-state index contributed by atoms with van der Waals surface area (Å²) in [5, 5.41) is 3.53. The SMILES string of the molecule is COC(=O)CC1CN(C2CC2)CC(C)(C)N1. The minimum Gasteiger partial charge on any atom is -0.469 e. The van der Waals surface area contributed by atoms with Crippen molar-refractivity contribution in [3.63, 3.8) is 0 Å². The van der Waals surface area contributed by atoms with Gasteiger partial charge in [0.2, 0.25) is 0 Å². The summed E-state index contributed by atoms with van der Waals surface area (Å²) in [6.45, 7) is 6.45. The molecule has 1 heterocycles. The molecule has 1 unspecified atom stereocenters. The first-order valence-corrected chi connectivity index (χ1v) is 6.09. The molecule has 0 radical (unpaired) electrons. The van der Waals surface area contributed by atoms with Crippen LogP contribution in [-0.2, 0) is 9.53 Å². The van der Waals surface area contributed by atoms with Gasteiger partial charge < -0.3 is 10.1 Å². The molecule has 0 aromatic heterocycles. The fourth-order valence-corrected chi connectivity index (χ4v) is 2.62. The van der Waals surface area contributed by atoms with Gasteiger partial charge in [0.1, 0.15) is 0 Å². The smallest absolute Gasteiger partial charge is 0.307 e. The van der Waals surface area contributed by atoms with Gasteiger partial charge in [0.15, 0.2) is 0 Å². The molecule has 4 nitrogen and oxygen atoms in total. The zero-order valence-electron chi connectivity index (χ0n) is 10.5. The van der Waals surface area contributed by atoms with Crippen LogP contribution in [0.2, 0.25) is 0 Å². The van der Waals surface area contributed by atoms with Crippen LogP contribution in [0.25, 0.3) is 0 Å². The van der Waals surface area contributed by atoms with E-state index in [0.29, 0.717) is 6.42 Å². The number of hydrogen-bond acceptors (Lipinski definition) is 4. The van der Waals surface area contributed by atoms with Crippen LogP contribution in [0.5, 0.6) is 0 Å². The Morgan fingerprint density at radius 2 is 2.19 bits per heavy atom. The van der Waals surface area contributed by atoms with Crippen molar-refractivity contribution >= 4 is 5.97 Å². The van der Waals surface area contributed by atoms with Gasteiger partial charge in [-0.25, -0.2) is 0 Å². The normalized spacial score (nSPS) is 30.1. The Morgan fingerprint density at radius 1 is 1.50 bits per heavy atom. The summed E-state index contributed by atoms with van der Waals surface area (Å²) in [5.41, 5.74) is 0.0968. The Hall–Kier alpha value is -0.610. The van der Waals surface area contributed by atoms with Gasteiger partial charge in [-0.1, -0.05) is 0 Å². The third-order valence-electron chi connectivity index (χ3n) is 3.35. The van der Waals surface area contributed by atoms with Crippen LogP contribution in [0.1, 0.15) is 33.1 Å². The third-order valence-corrected chi connectivity index (χ3v) is 3.35. The number of esters is 1. The maximum absolute atomic E-state index is 11.3. The van der Waals surface area contributed by atoms with Crippen molar-refractivity contribution in [2.45, 2.75) is 50.7 Å². The zero-order valence-corrected chi connectivity index (χ0v) is 10.5. The standard InChI is InChI=1S/C12H22N2O2/c1-12(2)8-14(10-4-5-10)7-9(13-12)6-11(15)16-3/h9-10,13H,4-8H2,1-3H3. The van der Waals surface area contributed by atoms with Crippen LogP contribution in [0, 0.1) is 0 Å². The van der Waals surface area contributed by atoms with Crippen LogP contribution in [0.3, 0.4) is 0 Å². The van der Waals surface area contributed by atoms with Crippen molar-refractivity contribution in [2.24, 2.45) is 0 Å². The Bertz CT molecular complexity index is 274. The number of ether oxygens (including phenoxy) is 1. The largest absolute Gasteiger partial charge is 0.469 e. The highest BCUT2D eigenvalue weighted by atomic mass is 16.5. The predicted molar refractivity (Wildman–Crippen MR) is 62.2 cm³/mol. The molecular weight excluding hydrogens is 204 g/mol. The molecule has 1 saturated carbocycles. The molecule has 0 aromatic carbocycles. The fraction of sp³-hybridized carbons (Fsp3) is 0.917. The van der Waals surface area contributed by atoms with Crippen LogP contribution in [-0.4, -0.2) is 48.7 Å². The maximum Gasteiger partial charge on any atom is 0.307 e. The molecule has 1 aliphatic heterocycles. The van der Waals surface area contributed by atoms with E-state index in [0.717, 1.165) is 19.1 Å². The van der Waals surface area contributed by atoms with E-state index in [2.05, 4.69) is 24.1 Å². The minimum atomic E-state index is -0.119. The van der Waals surface area contributed by atoms with E-state index in [1.165, 1.54) is 20.0 Å². The Labute approximate surface area is 97.3 Å². The van der Waals surface area contributed by atoms with Gasteiger partial charge in [-0.15, -0.1) is 0 Å². The number of carbonyl (C=O) groups excluding carboxylic acids is 1. The molecule has 1 atom stereocenters. The van der Waals surface area contributed by atoms with E-state index in [1.54, 1.807) is 0 Å². The lowest BCUT2D eigenvalue weighted by Gasteiger charge is -2.43. The number of methoxy groups -OCH3 is 1. The van der Waals surface area contributed by atoms with Gasteiger partial charge >= 0.3 is 5.97 Å². The van der Waals surface area contributed by atoms with Crippen molar-refractivity contribution in [1.29, 1.82) is 0 Å². The average Bonchev–Trinajstić information content (AvgIpc) is 2.97. The van der Waals surface area contributed by atoms with E-state index in [1.807, 2.05) is 0 Å². The summed E-state index contributed by atoms with van der Waals surface area (Å²) in [4.78, 5) is 13.8. The van der Waals surface area contributed by atoms with Gasteiger partial charge in [-0.05, 0) is 26.7 Å². The topological polar surface area (TPSA) is 41.6 Å². The van der Waals surface area contributed by atoms with Crippen LogP contribution >= 0.6 is 0 Å². The van der Waals surface area contributed by atoms with Gasteiger partial charge in [0.25, 0.3) is 0 Å². The minimum absolute atomic E-state index is 0.0968. The first-order valence-electron chi connectivity index (χ1n) is 6.09. The Kier molecular flexibility index (Phi) is 3.22. The maximum atomic E-state index is 11.3. The number of rotatable bonds is 3. The number of hydrogen-bond donors (Lipinski definition) is 1. The van der Waals surface area contributed by atoms with Crippen molar-refractivity contribution in [3.05, 3.63) is 0 Å². The molecule has 0 spiro atoms. The quantitative estimate of drug-likeness (QED) is 0.722. The van der Waals surface area contributed by atoms with Crippen LogP contribution in [0.4, 0.5) is 0 Å². The molecular formula is C12H22N2O2. The second-order valence-electron chi connectivity index (χ2n) is 5.67. The third kappa shape index (κ3) is 2.95. The van der Waals surface area contributed by atoms with Gasteiger partial charge in [-0.2, -0.15) is 0 Å². The Balaban J connectivity index is 1.94. The molecule has 92 valence electrons. The second kappa shape index (κ2) is 4.34. The van der Waals surface area contributed by atoms with Crippen LogP contribution in [0.15, 0.2) is 0 Å². The molecule has 1 saturated heterocycles. The second-order valence-corrected chi connectivity index (χ2v) is 5.67. The van der Waals surface area contributed by atoms with E-state index in [9.17, 15) is 4.79 Å². The molecule has 4 heteroatoms. The lowest BCUT2D eigenvalue weighted by Crippen LogP contribution is -2.62. The summed E-state index contributed by atoms with van der Waals surface area (Å²) in [7, 11) is 1.45. The van der Waals surface area contributed by atoms with Crippen LogP contribution < -0.4 is 5.32 Å². The fourth-order valence-electron chi connectivity index (χ4n) is 2.62. The molecule has 2 rings (SSSR count). The lowest BCUT2D eigenvalue weighted by atomic mass is 9.97. The predicted octanol–water partition coefficient (Wildman–Crippen LogP) is 0.764. The number of nitrogens with one attached hydrogen (secondary N) is 1. The molecule has 1 aliphatic carbocycles. The lowest BCUT2D eigenvalue weighted by molar-refractivity contribution is -0.141. The molecule has 2 aliphatic rings. The highest BCUT2D eigenvalue weighted by Gasteiger charge is 2.39. The molecule has 16 heavy (non-hydrogen) atoms. The number of carbonyl (C=O) groups is 1. The van der Waals surface area contributed by atoms with E-state index >= 15 is 0 Å². The average molecular weight is 226 g/mol. The summed E-state index contributed by atoms with van der Waals surface area (Å²) in [6.07, 6.45) is 3.12. The van der Waals surface area contributed by atoms with Gasteiger partial charge in [-0.3, -0.25) is 9.69 Å². The van der Waals surface area contributed by atoms with Crippen molar-refractivity contribution in [3.8, 4) is 0 Å². The molecule has 0 amide bonds. The van der Waals surface area contributed by atoms with E-state index in [4.69, 9.17) is 4.74 Å². The number of piperazine rings is 1. The molecule has 2 fully saturated rings. The molecule has 0 bridgehead atoms. The first-order chi connectivity index (χ1) is 7.50. The van der Waals surface area contributed by atoms with Crippen molar-refractivity contribution in [2.75, 3.05) is 20.2 Å². The zero-order chi connectivity index (χ0) is 11.8. The molecule has 1 N–H and O–H groups in total. The van der Waals surface area contributed by atoms with Crippen molar-refractivity contribution < 1.29 is 9.53 Å². The van der Waals surface area contributed by atoms with E-state index < -0.39 is 0 Å². The van der Waals surface area contributed by atoms with E-state index in [-0.39, 0.29) is 17.6 Å². The highest BCUT2D eigenvalue weighted by Crippen LogP contribution is 2.30. The van der Waals surface area contributed by atoms with Crippen molar-refractivity contribution in [1.82, 2.24) is 10.2 Å². The Morgan fingerprint density at radius 3 is 2.75 bits per heavy atom. The summed E-state index contributed by atoms with van der Waals surface area (Å²) < 4.78 is 4.74. The summed E-state index contributed by atoms with van der Waals surface area (Å²) in [6, 6.07) is 0.998. The highest BCUT2D eigenvalue weighted by molar-refractivity contribution is 5.70. The summed E-state index contributed by atoms with van der Waals surface area (Å²) >= 11 is 0. The monoisotopic (exact) mass is 226 g/mol. The summed E-state index contributed by atoms with van der Waals surface area (Å²) in [5.74, 6) is -0.119. The number of nitrogens with zero attached hydrogens (tertiary/aromatic N) is 1. The van der Waals surface area contributed by atoms with Gasteiger partial charge in [0, 0.05) is 30.7 Å². The first kappa shape index (κ1) is 11.9. The van der Waals surface area contributed by atoms with Gasteiger partial charge in [0.05, 0.1) is 13.5 Å².